The molecule has 1 fully saturated rings. The Kier molecular flexibility index (Phi) is 6.58. The summed E-state index contributed by atoms with van der Waals surface area (Å²) >= 11 is 5.57. The number of carbonyl (C=O) groups excluding carboxylic acids is 1. The fourth-order valence-corrected chi connectivity index (χ4v) is 6.00. The van der Waals surface area contributed by atoms with Crippen LogP contribution in [0.15, 0.2) is 53.4 Å². The molecule has 2 aromatic rings. The van der Waals surface area contributed by atoms with Crippen LogP contribution in [0.25, 0.3) is 0 Å². The summed E-state index contributed by atoms with van der Waals surface area (Å²) in [6.07, 6.45) is 1.29. The van der Waals surface area contributed by atoms with Gasteiger partial charge in [0, 0.05) is 10.6 Å². The number of benzene rings is 2. The second-order valence-electron chi connectivity index (χ2n) is 5.70. The van der Waals surface area contributed by atoms with E-state index in [0.29, 0.717) is 10.3 Å². The van der Waals surface area contributed by atoms with Gasteiger partial charge in [0.05, 0.1) is 10.3 Å². The monoisotopic (exact) mass is 375 g/mol. The minimum Gasteiger partial charge on any atom is -0.325 e. The zero-order valence-corrected chi connectivity index (χ0v) is 16.1. The number of anilines is 1. The largest absolute Gasteiger partial charge is 0.325 e. The van der Waals surface area contributed by atoms with Crippen molar-refractivity contribution in [2.24, 2.45) is 0 Å². The van der Waals surface area contributed by atoms with Gasteiger partial charge in [-0.25, -0.2) is 0 Å². The van der Waals surface area contributed by atoms with Crippen molar-refractivity contribution >= 4 is 46.9 Å². The Labute approximate surface area is 156 Å². The minimum absolute atomic E-state index is 0.0432. The fourth-order valence-electron chi connectivity index (χ4n) is 2.42. The number of thioether (sulfide) groups is 3. The molecule has 3 rings (SSSR count). The third kappa shape index (κ3) is 5.23. The van der Waals surface area contributed by atoms with Gasteiger partial charge in [0.1, 0.15) is 0 Å². The van der Waals surface area contributed by atoms with Gasteiger partial charge in [-0.15, -0.1) is 35.3 Å². The van der Waals surface area contributed by atoms with Crippen molar-refractivity contribution in [1.29, 1.82) is 0 Å². The van der Waals surface area contributed by atoms with Crippen molar-refractivity contribution in [2.45, 2.75) is 22.8 Å². The zero-order valence-electron chi connectivity index (χ0n) is 13.7. The van der Waals surface area contributed by atoms with Crippen molar-refractivity contribution in [3.63, 3.8) is 0 Å². The number of hydrogen-bond donors (Lipinski definition) is 1. The smallest absolute Gasteiger partial charge is 0.234 e. The summed E-state index contributed by atoms with van der Waals surface area (Å²) in [4.78, 5) is 13.3. The van der Waals surface area contributed by atoms with Crippen LogP contribution in [-0.2, 0) is 4.79 Å². The van der Waals surface area contributed by atoms with E-state index in [2.05, 4.69) is 48.6 Å². The lowest BCUT2D eigenvalue weighted by atomic mass is 10.2. The van der Waals surface area contributed by atoms with Crippen LogP contribution >= 0.6 is 35.3 Å². The van der Waals surface area contributed by atoms with E-state index in [1.807, 2.05) is 35.7 Å². The van der Waals surface area contributed by atoms with Crippen LogP contribution in [-0.4, -0.2) is 23.2 Å². The topological polar surface area (TPSA) is 29.1 Å². The molecule has 1 heterocycles. The molecule has 0 radical (unpaired) electrons. The maximum Gasteiger partial charge on any atom is 0.234 e. The summed E-state index contributed by atoms with van der Waals surface area (Å²) in [7, 11) is 0. The molecule has 126 valence electrons. The van der Waals surface area contributed by atoms with Crippen molar-refractivity contribution in [1.82, 2.24) is 0 Å². The van der Waals surface area contributed by atoms with E-state index < -0.39 is 0 Å². The molecule has 0 atom stereocenters. The van der Waals surface area contributed by atoms with Gasteiger partial charge in [0.15, 0.2) is 0 Å². The summed E-state index contributed by atoms with van der Waals surface area (Å²) < 4.78 is 0.498. The normalized spacial score (nSPS) is 15.2. The van der Waals surface area contributed by atoms with Gasteiger partial charge in [0.25, 0.3) is 0 Å². The lowest BCUT2D eigenvalue weighted by Crippen LogP contribution is -2.14. The van der Waals surface area contributed by atoms with Crippen LogP contribution < -0.4 is 5.32 Å². The van der Waals surface area contributed by atoms with E-state index in [-0.39, 0.29) is 5.91 Å². The highest BCUT2D eigenvalue weighted by Crippen LogP contribution is 2.44. The predicted octanol–water partition coefficient (Wildman–Crippen LogP) is 5.59. The summed E-state index contributed by atoms with van der Waals surface area (Å²) in [5.41, 5.74) is 3.43. The molecule has 2 aromatic carbocycles. The highest BCUT2D eigenvalue weighted by Gasteiger charge is 2.17. The first-order chi connectivity index (χ1) is 11.7. The first-order valence-electron chi connectivity index (χ1n) is 8.03. The molecule has 5 heteroatoms. The number of hydrogen-bond acceptors (Lipinski definition) is 4. The Morgan fingerprint density at radius 2 is 1.92 bits per heavy atom. The molecule has 1 aliphatic heterocycles. The van der Waals surface area contributed by atoms with Crippen LogP contribution in [0, 0.1) is 6.92 Å². The summed E-state index contributed by atoms with van der Waals surface area (Å²) in [6.45, 7) is 2.07. The highest BCUT2D eigenvalue weighted by atomic mass is 32.2. The SMILES string of the molecule is Cc1ccc(SCC(=O)Nc2cccc(C3SCCCS3)c2)cc1. The van der Waals surface area contributed by atoms with Crippen molar-refractivity contribution in [2.75, 3.05) is 22.6 Å². The van der Waals surface area contributed by atoms with Crippen molar-refractivity contribution in [3.8, 4) is 0 Å². The Morgan fingerprint density at radius 1 is 1.17 bits per heavy atom. The van der Waals surface area contributed by atoms with Crippen molar-refractivity contribution < 1.29 is 4.79 Å². The molecular formula is C19H21NOS3. The molecule has 0 aromatic heterocycles. The predicted molar refractivity (Wildman–Crippen MR) is 109 cm³/mol. The molecule has 0 bridgehead atoms. The maximum atomic E-state index is 12.2. The van der Waals surface area contributed by atoms with Gasteiger partial charge < -0.3 is 5.32 Å². The Morgan fingerprint density at radius 3 is 2.67 bits per heavy atom. The molecule has 0 unspecified atom stereocenters. The first-order valence-corrected chi connectivity index (χ1v) is 11.1. The second kappa shape index (κ2) is 8.88. The standard InChI is InChI=1S/C19H21NOS3/c1-14-6-8-17(9-7-14)24-13-18(21)20-16-5-2-4-15(12-16)19-22-10-3-11-23-19/h2,4-9,12,19H,3,10-11,13H2,1H3,(H,20,21). The van der Waals surface area contributed by atoms with E-state index in [4.69, 9.17) is 0 Å². The molecule has 24 heavy (non-hydrogen) atoms. The summed E-state index contributed by atoms with van der Waals surface area (Å²) in [6, 6.07) is 16.5. The van der Waals surface area contributed by atoms with E-state index in [1.165, 1.54) is 29.1 Å². The van der Waals surface area contributed by atoms with Crippen LogP contribution in [0.2, 0.25) is 0 Å². The Hall–Kier alpha value is -1.04. The van der Waals surface area contributed by atoms with Crippen molar-refractivity contribution in [3.05, 3.63) is 59.7 Å². The van der Waals surface area contributed by atoms with Gasteiger partial charge in [-0.1, -0.05) is 29.8 Å². The summed E-state index contributed by atoms with van der Waals surface area (Å²) in [5, 5.41) is 3.02. The van der Waals surface area contributed by atoms with Crippen LogP contribution in [0.3, 0.4) is 0 Å². The quantitative estimate of drug-likeness (QED) is 0.689. The maximum absolute atomic E-state index is 12.2. The van der Waals surface area contributed by atoms with E-state index >= 15 is 0 Å². The van der Waals surface area contributed by atoms with Gasteiger partial charge in [-0.3, -0.25) is 4.79 Å². The Balaban J connectivity index is 1.55. The molecular weight excluding hydrogens is 354 g/mol. The van der Waals surface area contributed by atoms with E-state index in [0.717, 1.165) is 10.6 Å². The molecule has 2 nitrogen and oxygen atoms in total. The van der Waals surface area contributed by atoms with Crippen LogP contribution in [0.4, 0.5) is 5.69 Å². The highest BCUT2D eigenvalue weighted by molar-refractivity contribution is 8.16. The lowest BCUT2D eigenvalue weighted by Gasteiger charge is -2.21. The number of carbonyl (C=O) groups is 1. The fraction of sp³-hybridized carbons (Fsp3) is 0.316. The number of amides is 1. The molecule has 1 aliphatic rings. The number of aryl methyl sites for hydroxylation is 1. The average molecular weight is 376 g/mol. The molecule has 1 saturated heterocycles. The zero-order chi connectivity index (χ0) is 16.8. The minimum atomic E-state index is 0.0432. The Bertz CT molecular complexity index is 681. The van der Waals surface area contributed by atoms with E-state index in [9.17, 15) is 4.79 Å². The van der Waals surface area contributed by atoms with Gasteiger partial charge in [0.2, 0.25) is 5.91 Å². The average Bonchev–Trinajstić information content (AvgIpc) is 2.62. The third-order valence-corrected chi connectivity index (χ3v) is 7.69. The molecule has 0 spiro atoms. The molecule has 0 aliphatic carbocycles. The first kappa shape index (κ1) is 17.8. The number of nitrogens with one attached hydrogen (secondary N) is 1. The van der Waals surface area contributed by atoms with Crippen LogP contribution in [0.5, 0.6) is 0 Å². The lowest BCUT2D eigenvalue weighted by molar-refractivity contribution is -0.113. The van der Waals surface area contributed by atoms with E-state index in [1.54, 1.807) is 11.8 Å². The molecule has 1 amide bonds. The van der Waals surface area contributed by atoms with Gasteiger partial charge in [-0.05, 0) is 54.7 Å². The second-order valence-corrected chi connectivity index (χ2v) is 9.48. The van der Waals surface area contributed by atoms with Gasteiger partial charge in [-0.2, -0.15) is 0 Å². The summed E-state index contributed by atoms with van der Waals surface area (Å²) in [5.74, 6) is 2.92. The third-order valence-electron chi connectivity index (χ3n) is 3.66. The molecule has 1 N–H and O–H groups in total. The van der Waals surface area contributed by atoms with Gasteiger partial charge >= 0.3 is 0 Å². The van der Waals surface area contributed by atoms with Crippen LogP contribution in [0.1, 0.15) is 22.1 Å². The number of rotatable bonds is 5. The molecule has 0 saturated carbocycles.